The highest BCUT2D eigenvalue weighted by Crippen LogP contribution is 2.37. The van der Waals surface area contributed by atoms with Crippen LogP contribution in [0.25, 0.3) is 0 Å². The van der Waals surface area contributed by atoms with E-state index in [1.165, 1.54) is 13.0 Å². The Labute approximate surface area is 216 Å². The minimum Gasteiger partial charge on any atom is -0.387 e. The second-order valence-electron chi connectivity index (χ2n) is 9.21. The lowest BCUT2D eigenvalue weighted by molar-refractivity contribution is -0.142. The lowest BCUT2D eigenvalue weighted by Gasteiger charge is -2.32. The zero-order valence-corrected chi connectivity index (χ0v) is 20.8. The van der Waals surface area contributed by atoms with Crippen molar-refractivity contribution >= 4 is 23.0 Å². The van der Waals surface area contributed by atoms with Gasteiger partial charge in [-0.05, 0) is 43.9 Å². The van der Waals surface area contributed by atoms with Crippen LogP contribution in [-0.2, 0) is 22.4 Å². The first-order chi connectivity index (χ1) is 18.0. The van der Waals surface area contributed by atoms with E-state index < -0.39 is 29.6 Å². The number of benzene rings is 1. The number of piperidine rings is 1. The maximum atomic E-state index is 14.2. The van der Waals surface area contributed by atoms with Crippen molar-refractivity contribution in [2.45, 2.75) is 50.9 Å². The van der Waals surface area contributed by atoms with Crippen molar-refractivity contribution in [3.05, 3.63) is 73.1 Å². The van der Waals surface area contributed by atoms with Crippen LogP contribution in [0, 0.1) is 18.6 Å². The molecule has 8 nitrogen and oxygen atoms in total. The third-order valence-electron chi connectivity index (χ3n) is 6.73. The van der Waals surface area contributed by atoms with Crippen molar-refractivity contribution in [1.82, 2.24) is 19.7 Å². The molecule has 0 aliphatic carbocycles. The highest BCUT2D eigenvalue weighted by molar-refractivity contribution is 7.09. The molecule has 2 aliphatic heterocycles. The van der Waals surface area contributed by atoms with Crippen molar-refractivity contribution < 1.29 is 31.6 Å². The third kappa shape index (κ3) is 5.08. The molecule has 0 bridgehead atoms. The number of nitrogens with one attached hydrogen (secondary N) is 1. The molecule has 3 aromatic rings. The smallest absolute Gasteiger partial charge is 0.387 e. The molecule has 1 saturated heterocycles. The van der Waals surface area contributed by atoms with Gasteiger partial charge in [0.05, 0.1) is 11.3 Å². The summed E-state index contributed by atoms with van der Waals surface area (Å²) in [4.78, 5) is 35.0. The number of aryl methyl sites for hydroxylation is 1. The normalized spacial score (nSPS) is 18.5. The van der Waals surface area contributed by atoms with Gasteiger partial charge in [-0.15, -0.1) is 0 Å². The monoisotopic (exact) mass is 555 g/mol. The van der Waals surface area contributed by atoms with Gasteiger partial charge in [0, 0.05) is 30.1 Å². The Hall–Kier alpha value is -3.55. The summed E-state index contributed by atoms with van der Waals surface area (Å²) in [6.45, 7) is 1.83. The number of aromatic nitrogens is 3. The van der Waals surface area contributed by atoms with Crippen LogP contribution in [0.15, 0.2) is 34.2 Å². The fraction of sp³-hybridized carbons (Fsp3) is 0.417. The van der Waals surface area contributed by atoms with E-state index in [9.17, 15) is 31.5 Å². The van der Waals surface area contributed by atoms with Gasteiger partial charge >= 0.3 is 11.0 Å². The van der Waals surface area contributed by atoms with Gasteiger partial charge in [-0.25, -0.2) is 8.78 Å². The number of H-pyrrole nitrogens is 1. The minimum atomic E-state index is -4.59. The number of amides is 1. The number of thiazole rings is 1. The van der Waals surface area contributed by atoms with E-state index in [1.54, 1.807) is 4.90 Å². The van der Waals surface area contributed by atoms with E-state index >= 15 is 0 Å². The highest BCUT2D eigenvalue weighted by atomic mass is 32.1. The van der Waals surface area contributed by atoms with Crippen LogP contribution in [-0.4, -0.2) is 44.4 Å². The molecule has 2 aliphatic rings. The molecule has 1 N–H and O–H groups in total. The largest absolute Gasteiger partial charge is 0.435 e. The number of nitrogens with zero attached hydrogens (tertiary/aromatic N) is 4. The van der Waals surface area contributed by atoms with Gasteiger partial charge in [0.15, 0.2) is 11.8 Å². The molecule has 202 valence electrons. The zero-order valence-electron chi connectivity index (χ0n) is 20.0. The number of carbonyl (C=O) groups excluding carboxylic acids is 1. The molecule has 5 rings (SSSR count). The maximum absolute atomic E-state index is 14.2. The van der Waals surface area contributed by atoms with E-state index in [4.69, 9.17) is 4.84 Å². The third-order valence-corrected chi connectivity index (χ3v) is 7.78. The quantitative estimate of drug-likeness (QED) is 0.469. The van der Waals surface area contributed by atoms with E-state index in [1.807, 2.05) is 0 Å². The van der Waals surface area contributed by atoms with Gasteiger partial charge in [0.1, 0.15) is 23.9 Å². The first kappa shape index (κ1) is 26.1. The molecule has 2 aromatic heterocycles. The Morgan fingerprint density at radius 1 is 1.21 bits per heavy atom. The van der Waals surface area contributed by atoms with Gasteiger partial charge in [-0.2, -0.15) is 18.3 Å². The van der Waals surface area contributed by atoms with Crippen molar-refractivity contribution in [1.29, 1.82) is 0 Å². The van der Waals surface area contributed by atoms with Crippen LogP contribution < -0.4 is 4.87 Å². The summed E-state index contributed by atoms with van der Waals surface area (Å²) < 4.78 is 68.2. The van der Waals surface area contributed by atoms with E-state index in [-0.39, 0.29) is 40.9 Å². The SMILES string of the molecule is Cc1cc(C(F)(F)F)nn1CC(=O)N1CCC(c2sc(=O)[nH]c2C2=NOC(c3c(F)cccc3F)C2)CC1. The standard InChI is InChI=1S/C24H22F5N5O3S/c1-12-9-18(24(27,28)29)31-34(12)11-19(35)33-7-5-13(6-8-33)22-21(30-23(36)38-22)16-10-17(37-32-16)20-14(25)3-2-4-15(20)26/h2-4,9,13,17H,5-8,10-11H2,1H3,(H,30,36). The predicted molar refractivity (Wildman–Crippen MR) is 127 cm³/mol. The molecule has 0 spiro atoms. The van der Waals surface area contributed by atoms with Crippen LogP contribution in [0.1, 0.15) is 58.8 Å². The molecule has 0 saturated carbocycles. The lowest BCUT2D eigenvalue weighted by Crippen LogP contribution is -2.40. The van der Waals surface area contributed by atoms with Gasteiger partial charge in [-0.1, -0.05) is 22.6 Å². The summed E-state index contributed by atoms with van der Waals surface area (Å²) in [5.41, 5.74) is -0.215. The van der Waals surface area contributed by atoms with Crippen LogP contribution in [0.5, 0.6) is 0 Å². The first-order valence-electron chi connectivity index (χ1n) is 11.8. The lowest BCUT2D eigenvalue weighted by atomic mass is 9.92. The van der Waals surface area contributed by atoms with Gasteiger partial charge in [-0.3, -0.25) is 14.3 Å². The number of oxime groups is 1. The topological polar surface area (TPSA) is 92.6 Å². The summed E-state index contributed by atoms with van der Waals surface area (Å²) in [5.74, 6) is -1.94. The molecule has 1 amide bonds. The molecule has 1 aromatic carbocycles. The van der Waals surface area contributed by atoms with Crippen molar-refractivity contribution in [2.75, 3.05) is 13.1 Å². The molecule has 1 fully saturated rings. The predicted octanol–water partition coefficient (Wildman–Crippen LogP) is 4.51. The van der Waals surface area contributed by atoms with E-state index in [0.717, 1.165) is 39.1 Å². The molecule has 14 heteroatoms. The summed E-state index contributed by atoms with van der Waals surface area (Å²) in [6.07, 6.45) is -4.47. The second kappa shape index (κ2) is 9.97. The molecular weight excluding hydrogens is 533 g/mol. The molecule has 1 unspecified atom stereocenters. The summed E-state index contributed by atoms with van der Waals surface area (Å²) in [7, 11) is 0. The summed E-state index contributed by atoms with van der Waals surface area (Å²) in [5, 5.41) is 7.51. The fourth-order valence-electron chi connectivity index (χ4n) is 4.77. The summed E-state index contributed by atoms with van der Waals surface area (Å²) >= 11 is 1.01. The van der Waals surface area contributed by atoms with Crippen LogP contribution in [0.4, 0.5) is 22.0 Å². The van der Waals surface area contributed by atoms with Crippen molar-refractivity contribution in [2.24, 2.45) is 5.16 Å². The van der Waals surface area contributed by atoms with E-state index in [0.29, 0.717) is 37.3 Å². The first-order valence-corrected chi connectivity index (χ1v) is 12.6. The number of hydrogen-bond donors (Lipinski definition) is 1. The number of aromatic amines is 1. The molecular formula is C24H22F5N5O3S. The minimum absolute atomic E-state index is 0.0675. The molecule has 4 heterocycles. The average molecular weight is 556 g/mol. The molecule has 38 heavy (non-hydrogen) atoms. The van der Waals surface area contributed by atoms with E-state index in [2.05, 4.69) is 15.2 Å². The second-order valence-corrected chi connectivity index (χ2v) is 10.2. The number of likely N-dealkylation sites (tertiary alicyclic amines) is 1. The van der Waals surface area contributed by atoms with Gasteiger partial charge < -0.3 is 14.7 Å². The number of rotatable bonds is 5. The zero-order chi connectivity index (χ0) is 27.2. The number of alkyl halides is 3. The Morgan fingerprint density at radius 3 is 2.53 bits per heavy atom. The van der Waals surface area contributed by atoms with Crippen LogP contribution in [0.2, 0.25) is 0 Å². The van der Waals surface area contributed by atoms with Crippen LogP contribution >= 0.6 is 11.3 Å². The number of hydrogen-bond acceptors (Lipinski definition) is 6. The van der Waals surface area contributed by atoms with Crippen LogP contribution in [0.3, 0.4) is 0 Å². The number of halogens is 5. The Bertz CT molecular complexity index is 1430. The Morgan fingerprint density at radius 2 is 1.89 bits per heavy atom. The molecule has 1 atom stereocenters. The summed E-state index contributed by atoms with van der Waals surface area (Å²) in [6, 6.07) is 4.42. The Kier molecular flexibility index (Phi) is 6.84. The average Bonchev–Trinajstić information content (AvgIpc) is 3.58. The maximum Gasteiger partial charge on any atom is 0.435 e. The van der Waals surface area contributed by atoms with Gasteiger partial charge in [0.25, 0.3) is 0 Å². The Balaban J connectivity index is 1.24. The van der Waals surface area contributed by atoms with Gasteiger partial charge in [0.2, 0.25) is 5.91 Å². The molecule has 0 radical (unpaired) electrons. The number of carbonyl (C=O) groups is 1. The van der Waals surface area contributed by atoms with Crippen molar-refractivity contribution in [3.63, 3.8) is 0 Å². The highest BCUT2D eigenvalue weighted by Gasteiger charge is 2.36. The van der Waals surface area contributed by atoms with Crippen molar-refractivity contribution in [3.8, 4) is 0 Å². The fourth-order valence-corrected chi connectivity index (χ4v) is 5.79.